The van der Waals surface area contributed by atoms with Gasteiger partial charge in [0.2, 0.25) is 0 Å². The Kier molecular flexibility index (Phi) is 7.44. The molecular weight excluding hydrogens is 424 g/mol. The zero-order valence-electron chi connectivity index (χ0n) is 15.9. The van der Waals surface area contributed by atoms with Gasteiger partial charge in [0, 0.05) is 69.0 Å². The highest BCUT2D eigenvalue weighted by molar-refractivity contribution is 9.10. The summed E-state index contributed by atoms with van der Waals surface area (Å²) < 4.78 is 5.78. The van der Waals surface area contributed by atoms with Gasteiger partial charge in [-0.25, -0.2) is 0 Å². The normalized spacial score (nSPS) is 15.5. The van der Waals surface area contributed by atoms with Crippen LogP contribution in [0.15, 0.2) is 50.6 Å². The molecule has 0 radical (unpaired) electrons. The average Bonchev–Trinajstić information content (AvgIpc) is 3.22. The van der Waals surface area contributed by atoms with Crippen molar-refractivity contribution in [3.63, 3.8) is 0 Å². The Bertz CT molecular complexity index is 787. The molecule has 2 aromatic rings. The summed E-state index contributed by atoms with van der Waals surface area (Å²) in [5, 5.41) is 10.2. The van der Waals surface area contributed by atoms with Gasteiger partial charge in [-0.05, 0) is 18.2 Å². The fraction of sp³-hybridized carbons (Fsp3) is 0.421. The van der Waals surface area contributed by atoms with Crippen LogP contribution < -0.4 is 10.6 Å². The Balaban J connectivity index is 1.37. The summed E-state index contributed by atoms with van der Waals surface area (Å²) in [6, 6.07) is 9.25. The summed E-state index contributed by atoms with van der Waals surface area (Å²) in [7, 11) is 1.78. The van der Waals surface area contributed by atoms with E-state index >= 15 is 0 Å². The Morgan fingerprint density at radius 1 is 1.21 bits per heavy atom. The minimum atomic E-state index is -0.0837. The summed E-state index contributed by atoms with van der Waals surface area (Å²) in [5.41, 5.74) is 1.60. The molecule has 0 atom stereocenters. The van der Waals surface area contributed by atoms with Gasteiger partial charge in [-0.3, -0.25) is 14.7 Å². The molecule has 28 heavy (non-hydrogen) atoms. The first-order valence-electron chi connectivity index (χ1n) is 9.26. The standard InChI is InChI=1S/C19H25BrN6O2/c1-21-19(23-7-6-22-18(27)15-3-2-4-16(20)13-15)26-10-8-25(9-11-26)14-17-5-12-28-24-17/h2-5,12-13H,6-11,14H2,1H3,(H,21,23)(H,22,27). The number of aromatic nitrogens is 1. The number of halogens is 1. The molecule has 0 unspecified atom stereocenters. The van der Waals surface area contributed by atoms with Crippen molar-refractivity contribution < 1.29 is 9.32 Å². The zero-order valence-corrected chi connectivity index (χ0v) is 17.5. The van der Waals surface area contributed by atoms with Crippen LogP contribution in [0.5, 0.6) is 0 Å². The van der Waals surface area contributed by atoms with Crippen LogP contribution in [0.1, 0.15) is 16.1 Å². The van der Waals surface area contributed by atoms with Crippen LogP contribution in [-0.2, 0) is 6.54 Å². The molecule has 0 saturated carbocycles. The molecule has 1 aromatic carbocycles. The molecule has 1 amide bonds. The molecule has 2 heterocycles. The highest BCUT2D eigenvalue weighted by atomic mass is 79.9. The number of piperazine rings is 1. The summed E-state index contributed by atoms with van der Waals surface area (Å²) in [6.45, 7) is 5.60. The van der Waals surface area contributed by atoms with Crippen LogP contribution in [-0.4, -0.2) is 73.1 Å². The largest absolute Gasteiger partial charge is 0.364 e. The van der Waals surface area contributed by atoms with E-state index in [1.165, 1.54) is 0 Å². The number of rotatable bonds is 6. The van der Waals surface area contributed by atoms with Crippen LogP contribution in [0, 0.1) is 0 Å². The predicted molar refractivity (Wildman–Crippen MR) is 111 cm³/mol. The lowest BCUT2D eigenvalue weighted by atomic mass is 10.2. The van der Waals surface area contributed by atoms with Crippen molar-refractivity contribution in [1.82, 2.24) is 25.6 Å². The third-order valence-electron chi connectivity index (χ3n) is 4.54. The lowest BCUT2D eigenvalue weighted by molar-refractivity contribution is 0.0954. The van der Waals surface area contributed by atoms with Crippen molar-refractivity contribution >= 4 is 27.8 Å². The number of amides is 1. The highest BCUT2D eigenvalue weighted by Crippen LogP contribution is 2.11. The van der Waals surface area contributed by atoms with E-state index in [1.807, 2.05) is 18.2 Å². The quantitative estimate of drug-likeness (QED) is 0.396. The first kappa shape index (κ1) is 20.3. The van der Waals surface area contributed by atoms with Gasteiger partial charge in [0.15, 0.2) is 5.96 Å². The number of nitrogens with one attached hydrogen (secondary N) is 2. The molecule has 1 aliphatic rings. The maximum Gasteiger partial charge on any atom is 0.251 e. The second kappa shape index (κ2) is 10.2. The molecule has 2 N–H and O–H groups in total. The smallest absolute Gasteiger partial charge is 0.251 e. The first-order chi connectivity index (χ1) is 13.7. The summed E-state index contributed by atoms with van der Waals surface area (Å²) >= 11 is 3.38. The number of carbonyl (C=O) groups excluding carboxylic acids is 1. The fourth-order valence-electron chi connectivity index (χ4n) is 3.08. The van der Waals surface area contributed by atoms with E-state index < -0.39 is 0 Å². The van der Waals surface area contributed by atoms with Gasteiger partial charge in [0.1, 0.15) is 6.26 Å². The molecule has 1 saturated heterocycles. The van der Waals surface area contributed by atoms with Gasteiger partial charge in [-0.15, -0.1) is 0 Å². The Morgan fingerprint density at radius 2 is 2.00 bits per heavy atom. The second-order valence-corrected chi connectivity index (χ2v) is 7.41. The lowest BCUT2D eigenvalue weighted by Gasteiger charge is -2.36. The Labute approximate surface area is 173 Å². The van der Waals surface area contributed by atoms with Gasteiger partial charge in [-0.1, -0.05) is 27.2 Å². The van der Waals surface area contributed by atoms with Crippen LogP contribution in [0.3, 0.4) is 0 Å². The molecule has 3 rings (SSSR count). The minimum Gasteiger partial charge on any atom is -0.364 e. The van der Waals surface area contributed by atoms with Crippen molar-refractivity contribution in [2.24, 2.45) is 4.99 Å². The van der Waals surface area contributed by atoms with E-state index in [9.17, 15) is 4.79 Å². The zero-order chi connectivity index (χ0) is 19.8. The van der Waals surface area contributed by atoms with Crippen LogP contribution >= 0.6 is 15.9 Å². The van der Waals surface area contributed by atoms with Gasteiger partial charge in [0.25, 0.3) is 5.91 Å². The van der Waals surface area contributed by atoms with E-state index in [2.05, 4.69) is 46.5 Å². The topological polar surface area (TPSA) is 86.0 Å². The van der Waals surface area contributed by atoms with Gasteiger partial charge in [-0.2, -0.15) is 0 Å². The van der Waals surface area contributed by atoms with E-state index in [0.717, 1.165) is 48.8 Å². The van der Waals surface area contributed by atoms with E-state index in [4.69, 9.17) is 4.52 Å². The van der Waals surface area contributed by atoms with Crippen molar-refractivity contribution in [3.8, 4) is 0 Å². The average molecular weight is 449 g/mol. The molecule has 1 fully saturated rings. The number of hydrogen-bond donors (Lipinski definition) is 2. The number of benzene rings is 1. The monoisotopic (exact) mass is 448 g/mol. The molecule has 0 spiro atoms. The first-order valence-corrected chi connectivity index (χ1v) is 10.1. The van der Waals surface area contributed by atoms with E-state index in [0.29, 0.717) is 18.7 Å². The molecule has 1 aromatic heterocycles. The Morgan fingerprint density at radius 3 is 2.68 bits per heavy atom. The molecule has 0 aliphatic carbocycles. The third-order valence-corrected chi connectivity index (χ3v) is 5.03. The SMILES string of the molecule is CN=C(NCCNC(=O)c1cccc(Br)c1)N1CCN(Cc2ccon2)CC1. The van der Waals surface area contributed by atoms with E-state index in [-0.39, 0.29) is 5.91 Å². The third kappa shape index (κ3) is 5.80. The number of guanidine groups is 1. The highest BCUT2D eigenvalue weighted by Gasteiger charge is 2.20. The maximum atomic E-state index is 12.2. The maximum absolute atomic E-state index is 12.2. The van der Waals surface area contributed by atoms with Gasteiger partial charge in [0.05, 0.1) is 5.69 Å². The molecule has 1 aliphatic heterocycles. The molecule has 150 valence electrons. The number of nitrogens with zero attached hydrogens (tertiary/aromatic N) is 4. The Hall–Kier alpha value is -2.39. The number of aliphatic imine (C=N–C) groups is 1. The van der Waals surface area contributed by atoms with Crippen molar-refractivity contribution in [1.29, 1.82) is 0 Å². The van der Waals surface area contributed by atoms with Crippen LogP contribution in [0.4, 0.5) is 0 Å². The summed E-state index contributed by atoms with van der Waals surface area (Å²) in [5.74, 6) is 0.775. The van der Waals surface area contributed by atoms with E-state index in [1.54, 1.807) is 25.4 Å². The number of hydrogen-bond acceptors (Lipinski definition) is 5. The van der Waals surface area contributed by atoms with Crippen LogP contribution in [0.2, 0.25) is 0 Å². The number of carbonyl (C=O) groups is 1. The van der Waals surface area contributed by atoms with Gasteiger partial charge < -0.3 is 20.1 Å². The summed E-state index contributed by atoms with van der Waals surface area (Å²) in [4.78, 5) is 21.1. The van der Waals surface area contributed by atoms with Crippen molar-refractivity contribution in [2.75, 3.05) is 46.3 Å². The van der Waals surface area contributed by atoms with Crippen molar-refractivity contribution in [3.05, 3.63) is 52.3 Å². The summed E-state index contributed by atoms with van der Waals surface area (Å²) in [6.07, 6.45) is 1.60. The molecular formula is C19H25BrN6O2. The van der Waals surface area contributed by atoms with Crippen LogP contribution in [0.25, 0.3) is 0 Å². The van der Waals surface area contributed by atoms with Gasteiger partial charge >= 0.3 is 0 Å². The van der Waals surface area contributed by atoms with Crippen molar-refractivity contribution in [2.45, 2.75) is 6.54 Å². The minimum absolute atomic E-state index is 0.0837. The predicted octanol–water partition coefficient (Wildman–Crippen LogP) is 1.56. The molecule has 8 nitrogen and oxygen atoms in total. The molecule has 9 heteroatoms. The second-order valence-electron chi connectivity index (χ2n) is 6.49. The molecule has 0 bridgehead atoms. The lowest BCUT2D eigenvalue weighted by Crippen LogP contribution is -2.53. The fourth-order valence-corrected chi connectivity index (χ4v) is 3.48.